The van der Waals surface area contributed by atoms with Gasteiger partial charge >= 0.3 is 0 Å². The van der Waals surface area contributed by atoms with E-state index in [1.165, 1.54) is 16.7 Å². The maximum Gasteiger partial charge on any atom is 0.191 e. The third-order valence-electron chi connectivity index (χ3n) is 3.72. The lowest BCUT2D eigenvalue weighted by atomic mass is 10.1. The van der Waals surface area contributed by atoms with Gasteiger partial charge in [-0.2, -0.15) is 0 Å². The van der Waals surface area contributed by atoms with Crippen molar-refractivity contribution in [3.05, 3.63) is 64.7 Å². The normalized spacial score (nSPS) is 11.2. The van der Waals surface area contributed by atoms with E-state index in [1.807, 2.05) is 13.0 Å². The Morgan fingerprint density at radius 2 is 1.57 bits per heavy atom. The Bertz CT molecular complexity index is 663. The van der Waals surface area contributed by atoms with Crippen LogP contribution in [0.25, 0.3) is 0 Å². The first-order valence-corrected chi connectivity index (χ1v) is 7.76. The van der Waals surface area contributed by atoms with Crippen LogP contribution >= 0.6 is 0 Å². The fourth-order valence-electron chi connectivity index (χ4n) is 2.35. The van der Waals surface area contributed by atoms with E-state index < -0.39 is 0 Å². The van der Waals surface area contributed by atoms with Crippen molar-refractivity contribution in [2.24, 2.45) is 4.99 Å². The number of rotatable bonds is 5. The number of guanidine groups is 1. The number of nitrogens with zero attached hydrogens (tertiary/aromatic N) is 1. The van der Waals surface area contributed by atoms with Gasteiger partial charge < -0.3 is 15.4 Å². The van der Waals surface area contributed by atoms with Crippen molar-refractivity contribution in [3.8, 4) is 5.75 Å². The van der Waals surface area contributed by atoms with Crippen LogP contribution in [-0.2, 0) is 13.1 Å². The molecule has 0 radical (unpaired) electrons. The molecule has 0 aromatic heterocycles. The minimum absolute atomic E-state index is 0.721. The van der Waals surface area contributed by atoms with Crippen LogP contribution in [0.3, 0.4) is 0 Å². The predicted molar refractivity (Wildman–Crippen MR) is 95.9 cm³/mol. The van der Waals surface area contributed by atoms with Crippen LogP contribution in [-0.4, -0.2) is 20.1 Å². The lowest BCUT2D eigenvalue weighted by molar-refractivity contribution is 0.411. The molecule has 0 fully saturated rings. The Hall–Kier alpha value is -2.49. The summed E-state index contributed by atoms with van der Waals surface area (Å²) in [5.41, 5.74) is 4.83. The molecule has 0 amide bonds. The van der Waals surface area contributed by atoms with Crippen molar-refractivity contribution < 1.29 is 4.74 Å². The molecule has 0 aliphatic carbocycles. The molecule has 0 spiro atoms. The Kier molecular flexibility index (Phi) is 6.03. The summed E-state index contributed by atoms with van der Waals surface area (Å²) in [6, 6.07) is 14.7. The second-order valence-electron chi connectivity index (χ2n) is 5.57. The quantitative estimate of drug-likeness (QED) is 0.658. The Morgan fingerprint density at radius 1 is 0.957 bits per heavy atom. The van der Waals surface area contributed by atoms with Crippen molar-refractivity contribution in [1.29, 1.82) is 0 Å². The Balaban J connectivity index is 1.87. The highest BCUT2D eigenvalue weighted by Gasteiger charge is 2.02. The summed E-state index contributed by atoms with van der Waals surface area (Å²) in [5, 5.41) is 6.66. The molecule has 0 aliphatic rings. The van der Waals surface area contributed by atoms with Gasteiger partial charge in [-0.05, 0) is 36.6 Å². The number of hydrogen-bond donors (Lipinski definition) is 2. The molecule has 2 N–H and O–H groups in total. The van der Waals surface area contributed by atoms with Crippen LogP contribution in [0, 0.1) is 13.8 Å². The zero-order valence-electron chi connectivity index (χ0n) is 14.3. The fraction of sp³-hybridized carbons (Fsp3) is 0.316. The highest BCUT2D eigenvalue weighted by Crippen LogP contribution is 2.18. The van der Waals surface area contributed by atoms with E-state index in [4.69, 9.17) is 4.74 Å². The second-order valence-corrected chi connectivity index (χ2v) is 5.57. The topological polar surface area (TPSA) is 45.7 Å². The number of ether oxygens (including phenoxy) is 1. The molecule has 0 saturated heterocycles. The lowest BCUT2D eigenvalue weighted by Gasteiger charge is -2.13. The molecule has 2 aromatic carbocycles. The number of aliphatic imine (C=N–C) groups is 1. The standard InChI is InChI=1S/C19H25N3O/c1-14-5-7-16(8-6-14)12-21-19(20-3)22-13-17-9-10-18(23-4)15(2)11-17/h5-11H,12-13H2,1-4H3,(H2,20,21,22). The van der Waals surface area contributed by atoms with Gasteiger partial charge in [0.15, 0.2) is 5.96 Å². The van der Waals surface area contributed by atoms with E-state index in [2.05, 4.69) is 58.9 Å². The molecule has 0 heterocycles. The average molecular weight is 311 g/mol. The van der Waals surface area contributed by atoms with Crippen LogP contribution in [0.15, 0.2) is 47.5 Å². The zero-order chi connectivity index (χ0) is 16.7. The highest BCUT2D eigenvalue weighted by atomic mass is 16.5. The number of benzene rings is 2. The van der Waals surface area contributed by atoms with Crippen LogP contribution < -0.4 is 15.4 Å². The minimum atomic E-state index is 0.721. The van der Waals surface area contributed by atoms with Gasteiger partial charge in [-0.1, -0.05) is 42.0 Å². The van der Waals surface area contributed by atoms with Gasteiger partial charge in [-0.15, -0.1) is 0 Å². The number of methoxy groups -OCH3 is 1. The molecule has 0 atom stereocenters. The first-order chi connectivity index (χ1) is 11.1. The molecule has 0 unspecified atom stereocenters. The van der Waals surface area contributed by atoms with Gasteiger partial charge in [0.1, 0.15) is 5.75 Å². The summed E-state index contributed by atoms with van der Waals surface area (Å²) < 4.78 is 5.29. The van der Waals surface area contributed by atoms with E-state index in [0.29, 0.717) is 0 Å². The Morgan fingerprint density at radius 3 is 2.13 bits per heavy atom. The first-order valence-electron chi connectivity index (χ1n) is 7.76. The molecule has 0 saturated carbocycles. The molecule has 0 aliphatic heterocycles. The summed E-state index contributed by atoms with van der Waals surface area (Å²) in [6.07, 6.45) is 0. The number of hydrogen-bond acceptors (Lipinski definition) is 2. The van der Waals surface area contributed by atoms with Gasteiger partial charge in [0, 0.05) is 20.1 Å². The van der Waals surface area contributed by atoms with E-state index in [-0.39, 0.29) is 0 Å². The van der Waals surface area contributed by atoms with E-state index in [0.717, 1.165) is 30.4 Å². The second kappa shape index (κ2) is 8.22. The largest absolute Gasteiger partial charge is 0.496 e. The highest BCUT2D eigenvalue weighted by molar-refractivity contribution is 5.79. The summed E-state index contributed by atoms with van der Waals surface area (Å²) in [6.45, 7) is 5.61. The van der Waals surface area contributed by atoms with Gasteiger partial charge in [0.2, 0.25) is 0 Å². The Labute approximate surface area is 138 Å². The molecular weight excluding hydrogens is 286 g/mol. The average Bonchev–Trinajstić information content (AvgIpc) is 2.56. The minimum Gasteiger partial charge on any atom is -0.496 e. The molecule has 4 nitrogen and oxygen atoms in total. The monoisotopic (exact) mass is 311 g/mol. The van der Waals surface area contributed by atoms with Gasteiger partial charge in [0.25, 0.3) is 0 Å². The maximum atomic E-state index is 5.29. The van der Waals surface area contributed by atoms with Crippen molar-refractivity contribution in [2.45, 2.75) is 26.9 Å². The maximum absolute atomic E-state index is 5.29. The SMILES string of the molecule is CN=C(NCc1ccc(C)cc1)NCc1ccc(OC)c(C)c1. The first kappa shape index (κ1) is 16.9. The van der Waals surface area contributed by atoms with Gasteiger partial charge in [-0.3, -0.25) is 4.99 Å². The summed E-state index contributed by atoms with van der Waals surface area (Å²) in [5.74, 6) is 1.70. The van der Waals surface area contributed by atoms with E-state index >= 15 is 0 Å². The molecule has 2 rings (SSSR count). The third kappa shape index (κ3) is 5.02. The molecule has 2 aromatic rings. The zero-order valence-corrected chi connectivity index (χ0v) is 14.3. The summed E-state index contributed by atoms with van der Waals surface area (Å²) >= 11 is 0. The van der Waals surface area contributed by atoms with Crippen molar-refractivity contribution in [3.63, 3.8) is 0 Å². The predicted octanol–water partition coefficient (Wildman–Crippen LogP) is 3.18. The summed E-state index contributed by atoms with van der Waals surface area (Å²) in [4.78, 5) is 4.26. The van der Waals surface area contributed by atoms with Crippen molar-refractivity contribution in [1.82, 2.24) is 10.6 Å². The van der Waals surface area contributed by atoms with E-state index in [1.54, 1.807) is 14.2 Å². The van der Waals surface area contributed by atoms with E-state index in [9.17, 15) is 0 Å². The molecule has 4 heteroatoms. The smallest absolute Gasteiger partial charge is 0.191 e. The van der Waals surface area contributed by atoms with Crippen LogP contribution in [0.4, 0.5) is 0 Å². The van der Waals surface area contributed by atoms with Crippen LogP contribution in [0.1, 0.15) is 22.3 Å². The summed E-state index contributed by atoms with van der Waals surface area (Å²) in [7, 11) is 3.47. The number of nitrogens with one attached hydrogen (secondary N) is 2. The molecule has 23 heavy (non-hydrogen) atoms. The van der Waals surface area contributed by atoms with Gasteiger partial charge in [0.05, 0.1) is 7.11 Å². The number of aryl methyl sites for hydroxylation is 2. The van der Waals surface area contributed by atoms with Crippen molar-refractivity contribution in [2.75, 3.05) is 14.2 Å². The molecular formula is C19H25N3O. The molecule has 122 valence electrons. The van der Waals surface area contributed by atoms with Crippen LogP contribution in [0.5, 0.6) is 5.75 Å². The van der Waals surface area contributed by atoms with Crippen molar-refractivity contribution >= 4 is 5.96 Å². The van der Waals surface area contributed by atoms with Gasteiger partial charge in [-0.25, -0.2) is 0 Å². The third-order valence-corrected chi connectivity index (χ3v) is 3.72. The van der Waals surface area contributed by atoms with Crippen LogP contribution in [0.2, 0.25) is 0 Å². The molecule has 0 bridgehead atoms. The lowest BCUT2D eigenvalue weighted by Crippen LogP contribution is -2.36. The fourth-order valence-corrected chi connectivity index (χ4v) is 2.35.